The predicted octanol–water partition coefficient (Wildman–Crippen LogP) is 5.88. The number of carbonyl (C=O) groups excluding carboxylic acids is 3. The number of anilines is 3. The van der Waals surface area contributed by atoms with E-state index >= 15 is 0 Å². The third kappa shape index (κ3) is 9.07. The number of carbonyl (C=O) groups is 4. The third-order valence-corrected chi connectivity index (χ3v) is 8.11. The van der Waals surface area contributed by atoms with Crippen molar-refractivity contribution in [1.82, 2.24) is 5.32 Å². The van der Waals surface area contributed by atoms with Gasteiger partial charge in [0.2, 0.25) is 5.91 Å². The van der Waals surface area contributed by atoms with E-state index in [9.17, 15) is 24.3 Å². The largest absolute Gasteiger partial charge is 0.482 e. The van der Waals surface area contributed by atoms with Crippen LogP contribution >= 0.6 is 0 Å². The first-order chi connectivity index (χ1) is 21.5. The highest BCUT2D eigenvalue weighted by Gasteiger charge is 2.26. The number of carboxylic acid groups (broad SMARTS) is 1. The van der Waals surface area contributed by atoms with Crippen LogP contribution in [0.25, 0.3) is 0 Å². The molecular weight excluding hydrogens is 572 g/mol. The number of carboxylic acids is 1. The Kier molecular flexibility index (Phi) is 11.2. The fourth-order valence-electron chi connectivity index (χ4n) is 5.57. The van der Waals surface area contributed by atoms with Crippen molar-refractivity contribution in [2.24, 2.45) is 5.92 Å². The maximum atomic E-state index is 13.6. The second-order valence-corrected chi connectivity index (χ2v) is 11.7. The van der Waals surface area contributed by atoms with Crippen molar-refractivity contribution in [2.45, 2.75) is 52.4 Å². The van der Waals surface area contributed by atoms with Crippen molar-refractivity contribution in [3.05, 3.63) is 83.4 Å². The van der Waals surface area contributed by atoms with Crippen LogP contribution in [-0.2, 0) is 14.4 Å². The van der Waals surface area contributed by atoms with E-state index in [1.807, 2.05) is 38.1 Å². The highest BCUT2D eigenvalue weighted by molar-refractivity contribution is 6.00. The van der Waals surface area contributed by atoms with Gasteiger partial charge in [-0.3, -0.25) is 14.4 Å². The van der Waals surface area contributed by atoms with E-state index < -0.39 is 17.9 Å². The van der Waals surface area contributed by atoms with E-state index in [4.69, 9.17) is 4.74 Å². The van der Waals surface area contributed by atoms with Crippen molar-refractivity contribution in [2.75, 3.05) is 41.9 Å². The molecule has 1 saturated carbocycles. The first-order valence-corrected chi connectivity index (χ1v) is 15.3. The zero-order chi connectivity index (χ0) is 32.5. The number of nitrogens with one attached hydrogen (secondary N) is 2. The Balaban J connectivity index is 1.44. The average molecular weight is 615 g/mol. The Morgan fingerprint density at radius 1 is 0.933 bits per heavy atom. The Labute approximate surface area is 264 Å². The molecule has 0 radical (unpaired) electrons. The van der Waals surface area contributed by atoms with Crippen LogP contribution in [0.15, 0.2) is 66.7 Å². The molecule has 1 atom stereocenters. The number of para-hydroxylation sites is 2. The van der Waals surface area contributed by atoms with Gasteiger partial charge in [-0.05, 0) is 92.6 Å². The summed E-state index contributed by atoms with van der Waals surface area (Å²) in [6.45, 7) is 5.51. The maximum Gasteiger partial charge on any atom is 0.319 e. The van der Waals surface area contributed by atoms with Gasteiger partial charge in [0.1, 0.15) is 5.75 Å². The summed E-state index contributed by atoms with van der Waals surface area (Å²) < 4.78 is 6.02. The molecule has 0 aliphatic heterocycles. The highest BCUT2D eigenvalue weighted by atomic mass is 16.5. The number of benzene rings is 3. The second kappa shape index (κ2) is 15.2. The summed E-state index contributed by atoms with van der Waals surface area (Å²) in [6.07, 6.45) is 4.21. The minimum Gasteiger partial charge on any atom is -0.482 e. The smallest absolute Gasteiger partial charge is 0.319 e. The number of amides is 4. The molecule has 10 heteroatoms. The first-order valence-electron chi connectivity index (χ1n) is 15.3. The van der Waals surface area contributed by atoms with Crippen LogP contribution in [0.1, 0.15) is 55.2 Å². The minimum absolute atomic E-state index is 0.216. The Morgan fingerprint density at radius 3 is 2.31 bits per heavy atom. The summed E-state index contributed by atoms with van der Waals surface area (Å²) in [7, 11) is 1.71. The van der Waals surface area contributed by atoms with Gasteiger partial charge in [-0.25, -0.2) is 4.79 Å². The number of aliphatic carboxylic acids is 1. The lowest BCUT2D eigenvalue weighted by Crippen LogP contribution is -2.43. The van der Waals surface area contributed by atoms with Crippen molar-refractivity contribution in [3.8, 4) is 5.75 Å². The molecule has 3 N–H and O–H groups in total. The number of ether oxygens (including phenoxy) is 1. The summed E-state index contributed by atoms with van der Waals surface area (Å²) >= 11 is 0. The minimum atomic E-state index is -0.966. The van der Waals surface area contributed by atoms with Gasteiger partial charge in [0.15, 0.2) is 6.61 Å². The van der Waals surface area contributed by atoms with Gasteiger partial charge in [0.05, 0.1) is 18.2 Å². The zero-order valence-corrected chi connectivity index (χ0v) is 26.3. The molecule has 0 aromatic heterocycles. The van der Waals surface area contributed by atoms with Gasteiger partial charge in [-0.1, -0.05) is 43.2 Å². The van der Waals surface area contributed by atoms with Gasteiger partial charge in [-0.2, -0.15) is 0 Å². The molecule has 3 aromatic rings. The molecular formula is C35H42N4O6. The molecule has 3 aromatic carbocycles. The predicted molar refractivity (Wildman–Crippen MR) is 175 cm³/mol. The molecule has 10 nitrogen and oxygen atoms in total. The topological polar surface area (TPSA) is 128 Å². The van der Waals surface area contributed by atoms with Crippen LogP contribution in [0.2, 0.25) is 0 Å². The standard InChI is InChI=1S/C35H42N4O6/c1-23-16-24(2)18-29(17-23)38(4)33(41)22-45-31-15-8-7-14-30(31)39(21-26-10-5-6-11-26)32(40)20-36-35(44)37-28-13-9-12-27(19-28)25(3)34(42)43/h7-9,12-19,25-26H,5-6,10-11,20-22H2,1-4H3,(H,42,43)(H2,36,37,44). The van der Waals surface area contributed by atoms with E-state index in [0.717, 1.165) is 42.5 Å². The van der Waals surface area contributed by atoms with Crippen LogP contribution in [0.3, 0.4) is 0 Å². The molecule has 4 amide bonds. The van der Waals surface area contributed by atoms with E-state index in [2.05, 4.69) is 10.6 Å². The van der Waals surface area contributed by atoms with Crippen molar-refractivity contribution >= 4 is 40.9 Å². The summed E-state index contributed by atoms with van der Waals surface area (Å²) in [4.78, 5) is 54.0. The Morgan fingerprint density at radius 2 is 1.62 bits per heavy atom. The molecule has 0 heterocycles. The molecule has 1 fully saturated rings. The number of urea groups is 1. The van der Waals surface area contributed by atoms with E-state index in [0.29, 0.717) is 35.2 Å². The average Bonchev–Trinajstić information content (AvgIpc) is 3.54. The summed E-state index contributed by atoms with van der Waals surface area (Å²) in [6, 6.07) is 19.1. The lowest BCUT2D eigenvalue weighted by Gasteiger charge is -2.28. The molecule has 1 aliphatic rings. The number of nitrogens with zero attached hydrogens (tertiary/aromatic N) is 2. The zero-order valence-electron chi connectivity index (χ0n) is 26.3. The summed E-state index contributed by atoms with van der Waals surface area (Å²) in [5.74, 6) is -1.53. The number of likely N-dealkylation sites (N-methyl/N-ethyl adjacent to an activating group) is 1. The summed E-state index contributed by atoms with van der Waals surface area (Å²) in [5.41, 5.74) is 4.40. The van der Waals surface area contributed by atoms with Gasteiger partial charge in [0.25, 0.3) is 5.91 Å². The monoisotopic (exact) mass is 614 g/mol. The second-order valence-electron chi connectivity index (χ2n) is 11.7. The van der Waals surface area contributed by atoms with Crippen LogP contribution < -0.4 is 25.2 Å². The van der Waals surface area contributed by atoms with Crippen molar-refractivity contribution < 1.29 is 29.0 Å². The molecule has 4 rings (SSSR count). The quantitative estimate of drug-likeness (QED) is 0.234. The number of hydrogen-bond acceptors (Lipinski definition) is 5. The fourth-order valence-corrected chi connectivity index (χ4v) is 5.57. The van der Waals surface area contributed by atoms with E-state index in [-0.39, 0.29) is 25.0 Å². The lowest BCUT2D eigenvalue weighted by atomic mass is 10.0. The van der Waals surface area contributed by atoms with Gasteiger partial charge < -0.3 is 30.3 Å². The number of aryl methyl sites for hydroxylation is 2. The van der Waals surface area contributed by atoms with Crippen molar-refractivity contribution in [3.63, 3.8) is 0 Å². The molecule has 45 heavy (non-hydrogen) atoms. The Bertz CT molecular complexity index is 1510. The third-order valence-electron chi connectivity index (χ3n) is 8.11. The van der Waals surface area contributed by atoms with Gasteiger partial charge >= 0.3 is 12.0 Å². The summed E-state index contributed by atoms with van der Waals surface area (Å²) in [5, 5.41) is 14.6. The SMILES string of the molecule is Cc1cc(C)cc(N(C)C(=O)COc2ccccc2N(CC2CCCC2)C(=O)CNC(=O)Nc2cccc(C(C)C(=O)O)c2)c1. The first kappa shape index (κ1) is 33.0. The van der Waals surface area contributed by atoms with Crippen LogP contribution in [0.5, 0.6) is 5.75 Å². The van der Waals surface area contributed by atoms with Crippen LogP contribution in [-0.4, -0.2) is 55.7 Å². The highest BCUT2D eigenvalue weighted by Crippen LogP contribution is 2.33. The molecule has 238 valence electrons. The number of rotatable bonds is 12. The van der Waals surface area contributed by atoms with Gasteiger partial charge in [0, 0.05) is 25.0 Å². The molecule has 0 bridgehead atoms. The maximum absolute atomic E-state index is 13.6. The van der Waals surface area contributed by atoms with E-state index in [1.54, 1.807) is 66.2 Å². The molecule has 1 aliphatic carbocycles. The van der Waals surface area contributed by atoms with Crippen LogP contribution in [0, 0.1) is 19.8 Å². The molecule has 0 spiro atoms. The fraction of sp³-hybridized carbons (Fsp3) is 0.371. The Hall–Kier alpha value is -4.86. The van der Waals surface area contributed by atoms with E-state index in [1.165, 1.54) is 0 Å². The number of hydrogen-bond donors (Lipinski definition) is 3. The molecule has 0 saturated heterocycles. The lowest BCUT2D eigenvalue weighted by molar-refractivity contribution is -0.138. The van der Waals surface area contributed by atoms with Crippen LogP contribution in [0.4, 0.5) is 21.9 Å². The van der Waals surface area contributed by atoms with Gasteiger partial charge in [-0.15, -0.1) is 0 Å². The molecule has 1 unspecified atom stereocenters. The normalized spacial score (nSPS) is 13.5. The van der Waals surface area contributed by atoms with Crippen molar-refractivity contribution in [1.29, 1.82) is 0 Å².